The van der Waals surface area contributed by atoms with E-state index in [2.05, 4.69) is 39.7 Å². The Bertz CT molecular complexity index is 695. The van der Waals surface area contributed by atoms with Crippen molar-refractivity contribution in [2.45, 2.75) is 26.7 Å². The summed E-state index contributed by atoms with van der Waals surface area (Å²) in [6.45, 7) is 4.24. The quantitative estimate of drug-likeness (QED) is 0.701. The highest BCUT2D eigenvalue weighted by atomic mass is 79.9. The summed E-state index contributed by atoms with van der Waals surface area (Å²) < 4.78 is 15.1. The number of rotatable bonds is 4. The second-order valence-electron chi connectivity index (χ2n) is 5.26. The van der Waals surface area contributed by atoms with Crippen molar-refractivity contribution in [3.05, 3.63) is 55.2 Å². The van der Waals surface area contributed by atoms with Crippen LogP contribution >= 0.6 is 39.7 Å². The van der Waals surface area contributed by atoms with E-state index in [1.807, 2.05) is 0 Å². The smallest absolute Gasteiger partial charge is 0.144 e. The van der Waals surface area contributed by atoms with Crippen LogP contribution < -0.4 is 0 Å². The van der Waals surface area contributed by atoms with Crippen LogP contribution in [0.2, 0.25) is 5.02 Å². The molecule has 0 saturated heterocycles. The number of hydrogen-bond acceptors (Lipinski definition) is 2. The van der Waals surface area contributed by atoms with Crippen LogP contribution in [-0.4, -0.2) is 9.97 Å². The maximum atomic E-state index is 13.9. The Balaban J connectivity index is 2.41. The largest absolute Gasteiger partial charge is 0.346 e. The summed E-state index contributed by atoms with van der Waals surface area (Å²) in [5, 5.41) is 0.393. The van der Waals surface area contributed by atoms with Crippen molar-refractivity contribution in [1.29, 1.82) is 0 Å². The van der Waals surface area contributed by atoms with Gasteiger partial charge >= 0.3 is 0 Å². The summed E-state index contributed by atoms with van der Waals surface area (Å²) in [5.41, 5.74) is 1.41. The summed E-state index contributed by atoms with van der Waals surface area (Å²) in [6.07, 6.45) is 1.12. The molecule has 0 amide bonds. The van der Waals surface area contributed by atoms with Crippen molar-refractivity contribution >= 4 is 39.7 Å². The number of H-pyrrole nitrogens is 1. The van der Waals surface area contributed by atoms with E-state index < -0.39 is 0 Å². The van der Waals surface area contributed by atoms with Gasteiger partial charge in [-0.3, -0.25) is 0 Å². The molecule has 1 heterocycles. The van der Waals surface area contributed by atoms with Crippen LogP contribution in [0.1, 0.15) is 30.9 Å². The zero-order valence-corrected chi connectivity index (χ0v) is 14.9. The van der Waals surface area contributed by atoms with Gasteiger partial charge in [0.1, 0.15) is 16.3 Å². The minimum Gasteiger partial charge on any atom is -0.346 e. The van der Waals surface area contributed by atoms with E-state index in [1.165, 1.54) is 6.07 Å². The van der Waals surface area contributed by atoms with Gasteiger partial charge in [-0.05, 0) is 40.4 Å². The lowest BCUT2D eigenvalue weighted by Gasteiger charge is -2.11. The van der Waals surface area contributed by atoms with Gasteiger partial charge in [-0.25, -0.2) is 9.37 Å². The van der Waals surface area contributed by atoms with Crippen LogP contribution in [0.4, 0.5) is 4.39 Å². The van der Waals surface area contributed by atoms with Gasteiger partial charge < -0.3 is 4.98 Å². The maximum absolute atomic E-state index is 13.9. The second kappa shape index (κ2) is 6.99. The highest BCUT2D eigenvalue weighted by Crippen LogP contribution is 2.23. The third-order valence-corrected chi connectivity index (χ3v) is 4.77. The van der Waals surface area contributed by atoms with Crippen molar-refractivity contribution in [3.8, 4) is 0 Å². The van der Waals surface area contributed by atoms with Crippen LogP contribution in [0, 0.1) is 16.4 Å². The number of nitrogens with one attached hydrogen (secondary N) is 1. The lowest BCUT2D eigenvalue weighted by Crippen LogP contribution is -2.06. The zero-order valence-electron chi connectivity index (χ0n) is 11.7. The van der Waals surface area contributed by atoms with Gasteiger partial charge in [0.05, 0.1) is 4.47 Å². The monoisotopic (exact) mass is 388 g/mol. The normalized spacial score (nSPS) is 11.1. The molecule has 0 saturated carbocycles. The van der Waals surface area contributed by atoms with Gasteiger partial charge in [0.2, 0.25) is 0 Å². The highest BCUT2D eigenvalue weighted by Gasteiger charge is 2.12. The van der Waals surface area contributed by atoms with E-state index in [1.54, 1.807) is 12.1 Å². The van der Waals surface area contributed by atoms with E-state index in [0.717, 1.165) is 16.6 Å². The van der Waals surface area contributed by atoms with Gasteiger partial charge in [-0.2, -0.15) is 0 Å². The number of aromatic amines is 1. The third-order valence-electron chi connectivity index (χ3n) is 3.00. The molecule has 2 nitrogen and oxygen atoms in total. The van der Waals surface area contributed by atoms with Crippen LogP contribution in [-0.2, 0) is 12.8 Å². The van der Waals surface area contributed by atoms with E-state index in [0.29, 0.717) is 27.0 Å². The van der Waals surface area contributed by atoms with Gasteiger partial charge in [0.25, 0.3) is 0 Å². The average molecular weight is 390 g/mol. The predicted octanol–water partition coefficient (Wildman–Crippen LogP) is 5.48. The Morgan fingerprint density at radius 2 is 2.14 bits per heavy atom. The zero-order chi connectivity index (χ0) is 15.6. The molecular formula is C15H15BrClFN2S. The maximum Gasteiger partial charge on any atom is 0.144 e. The summed E-state index contributed by atoms with van der Waals surface area (Å²) in [5.74, 6) is 0.752. The van der Waals surface area contributed by atoms with E-state index in [4.69, 9.17) is 23.8 Å². The summed E-state index contributed by atoms with van der Waals surface area (Å²) in [4.78, 5) is 7.54. The number of hydrogen-bond donors (Lipinski definition) is 1. The molecule has 0 atom stereocenters. The van der Waals surface area contributed by atoms with Gasteiger partial charge in [0.15, 0.2) is 0 Å². The summed E-state index contributed by atoms with van der Waals surface area (Å²) in [7, 11) is 0. The van der Waals surface area contributed by atoms with Crippen LogP contribution in [0.25, 0.3) is 0 Å². The molecule has 0 unspecified atom stereocenters. The first kappa shape index (κ1) is 16.6. The number of aromatic nitrogens is 2. The first-order valence-corrected chi connectivity index (χ1v) is 8.17. The molecule has 0 bridgehead atoms. The molecule has 21 heavy (non-hydrogen) atoms. The first-order chi connectivity index (χ1) is 9.88. The molecular weight excluding hydrogens is 375 g/mol. The Morgan fingerprint density at radius 1 is 1.43 bits per heavy atom. The van der Waals surface area contributed by atoms with E-state index in [9.17, 15) is 4.39 Å². The summed E-state index contributed by atoms with van der Waals surface area (Å²) in [6, 6.07) is 4.65. The third kappa shape index (κ3) is 4.11. The van der Waals surface area contributed by atoms with Crippen LogP contribution in [0.3, 0.4) is 0 Å². The minimum atomic E-state index is -0.336. The Labute approximate surface area is 141 Å². The molecule has 0 aliphatic rings. The van der Waals surface area contributed by atoms with Crippen molar-refractivity contribution in [3.63, 3.8) is 0 Å². The molecule has 0 aliphatic heterocycles. The van der Waals surface area contributed by atoms with E-state index in [-0.39, 0.29) is 12.2 Å². The lowest BCUT2D eigenvalue weighted by molar-refractivity contribution is 0.608. The molecule has 0 spiro atoms. The van der Waals surface area contributed by atoms with Gasteiger partial charge in [-0.1, -0.05) is 43.7 Å². The molecule has 0 radical (unpaired) electrons. The molecule has 0 aliphatic carbocycles. The highest BCUT2D eigenvalue weighted by molar-refractivity contribution is 9.10. The number of benzene rings is 1. The second-order valence-corrected chi connectivity index (χ2v) is 6.84. The molecule has 112 valence electrons. The topological polar surface area (TPSA) is 28.7 Å². The molecule has 2 aromatic rings. The standard InChI is InChI=1S/C15H15BrClFN2S/c1-8(2)6-12-14(16)15(21)20-13(19-12)7-9-10(17)4-3-5-11(9)18/h3-5,8H,6-7H2,1-2H3,(H,19,20,21). The lowest BCUT2D eigenvalue weighted by atomic mass is 10.1. The summed E-state index contributed by atoms with van der Waals surface area (Å²) >= 11 is 14.8. The van der Waals surface area contributed by atoms with Gasteiger partial charge in [0, 0.05) is 22.7 Å². The first-order valence-electron chi connectivity index (χ1n) is 6.59. The number of nitrogens with zero attached hydrogens (tertiary/aromatic N) is 1. The number of halogens is 3. The molecule has 1 aromatic carbocycles. The molecule has 1 aromatic heterocycles. The van der Waals surface area contributed by atoms with E-state index >= 15 is 0 Å². The fourth-order valence-corrected chi connectivity index (χ4v) is 2.87. The predicted molar refractivity (Wildman–Crippen MR) is 89.9 cm³/mol. The molecule has 0 fully saturated rings. The van der Waals surface area contributed by atoms with Crippen molar-refractivity contribution in [2.24, 2.45) is 5.92 Å². The minimum absolute atomic E-state index is 0.285. The Kier molecular flexibility index (Phi) is 5.52. The Hall–Kier alpha value is -0.780. The average Bonchev–Trinajstić information content (AvgIpc) is 2.39. The molecule has 6 heteroatoms. The van der Waals surface area contributed by atoms with Crippen LogP contribution in [0.15, 0.2) is 22.7 Å². The molecule has 2 rings (SSSR count). The van der Waals surface area contributed by atoms with Crippen molar-refractivity contribution in [1.82, 2.24) is 9.97 Å². The van der Waals surface area contributed by atoms with Crippen molar-refractivity contribution < 1.29 is 4.39 Å². The fourth-order valence-electron chi connectivity index (χ4n) is 2.06. The van der Waals surface area contributed by atoms with Crippen molar-refractivity contribution in [2.75, 3.05) is 0 Å². The van der Waals surface area contributed by atoms with Crippen LogP contribution in [0.5, 0.6) is 0 Å². The Morgan fingerprint density at radius 3 is 2.76 bits per heavy atom. The van der Waals surface area contributed by atoms with Gasteiger partial charge in [-0.15, -0.1) is 0 Å². The SMILES string of the molecule is CC(C)Cc1[nH]c(Cc2c(F)cccc2Cl)nc(=S)c1Br. The molecule has 1 N–H and O–H groups in total. The fraction of sp³-hybridized carbons (Fsp3) is 0.333.